The number of nitrogens with two attached hydrogens (primary N) is 1. The summed E-state index contributed by atoms with van der Waals surface area (Å²) in [4.78, 5) is 11.1. The monoisotopic (exact) mass is 254 g/mol. The first-order valence-corrected chi connectivity index (χ1v) is 5.05. The molecule has 1 amide bonds. The van der Waals surface area contributed by atoms with Crippen LogP contribution in [0.4, 0.5) is 4.39 Å². The summed E-state index contributed by atoms with van der Waals surface area (Å²) in [6.45, 7) is 1.72. The second kappa shape index (κ2) is 4.14. The predicted molar refractivity (Wildman–Crippen MR) is 60.0 cm³/mol. The standard InChI is InChI=1S/C10H8ClFN4O/c1-4-2-5(7(12)3-6(4)11)8-9(10(13)17)15-16-14-8/h2-3H,1H3,(H2,13,17)(H,14,15,16). The molecule has 88 valence electrons. The fourth-order valence-corrected chi connectivity index (χ4v) is 1.58. The number of aromatic nitrogens is 3. The lowest BCUT2D eigenvalue weighted by atomic mass is 10.1. The molecule has 0 fully saturated rings. The molecule has 0 aliphatic carbocycles. The van der Waals surface area contributed by atoms with Gasteiger partial charge in [-0.25, -0.2) is 4.39 Å². The summed E-state index contributed by atoms with van der Waals surface area (Å²) in [6, 6.07) is 2.65. The fraction of sp³-hybridized carbons (Fsp3) is 0.100. The van der Waals surface area contributed by atoms with Crippen molar-refractivity contribution in [1.82, 2.24) is 15.4 Å². The lowest BCUT2D eigenvalue weighted by Gasteiger charge is -2.04. The van der Waals surface area contributed by atoms with E-state index in [1.54, 1.807) is 6.92 Å². The quantitative estimate of drug-likeness (QED) is 0.855. The first-order chi connectivity index (χ1) is 8.00. The molecule has 1 aromatic heterocycles. The van der Waals surface area contributed by atoms with Gasteiger partial charge in [-0.15, -0.1) is 0 Å². The predicted octanol–water partition coefficient (Wildman–Crippen LogP) is 1.67. The van der Waals surface area contributed by atoms with Crippen molar-refractivity contribution in [2.45, 2.75) is 6.92 Å². The zero-order valence-corrected chi connectivity index (χ0v) is 9.55. The Morgan fingerprint density at radius 3 is 2.82 bits per heavy atom. The Morgan fingerprint density at radius 2 is 2.18 bits per heavy atom. The van der Waals surface area contributed by atoms with Crippen LogP contribution < -0.4 is 5.73 Å². The summed E-state index contributed by atoms with van der Waals surface area (Å²) in [5, 5.41) is 9.83. The Kier molecular flexibility index (Phi) is 2.81. The van der Waals surface area contributed by atoms with Gasteiger partial charge in [-0.1, -0.05) is 11.6 Å². The van der Waals surface area contributed by atoms with Gasteiger partial charge >= 0.3 is 0 Å². The summed E-state index contributed by atoms with van der Waals surface area (Å²) in [5.74, 6) is -1.36. The molecule has 1 aromatic carbocycles. The number of nitrogens with zero attached hydrogens (tertiary/aromatic N) is 2. The number of carbonyl (C=O) groups is 1. The molecule has 5 nitrogen and oxygen atoms in total. The first kappa shape index (κ1) is 11.5. The van der Waals surface area contributed by atoms with Crippen molar-refractivity contribution < 1.29 is 9.18 Å². The van der Waals surface area contributed by atoms with Crippen LogP contribution >= 0.6 is 11.6 Å². The van der Waals surface area contributed by atoms with Crippen LogP contribution in [0.3, 0.4) is 0 Å². The lowest BCUT2D eigenvalue weighted by molar-refractivity contribution is 0.0996. The molecule has 17 heavy (non-hydrogen) atoms. The van der Waals surface area contributed by atoms with Crippen molar-refractivity contribution >= 4 is 17.5 Å². The van der Waals surface area contributed by atoms with Crippen LogP contribution in [0.25, 0.3) is 11.3 Å². The molecule has 0 saturated heterocycles. The van der Waals surface area contributed by atoms with Crippen molar-refractivity contribution in [2.24, 2.45) is 5.73 Å². The van der Waals surface area contributed by atoms with Crippen molar-refractivity contribution in [1.29, 1.82) is 0 Å². The van der Waals surface area contributed by atoms with Gasteiger partial charge in [-0.3, -0.25) is 4.79 Å². The summed E-state index contributed by atoms with van der Waals surface area (Å²) in [7, 11) is 0. The molecule has 0 aliphatic rings. The van der Waals surface area contributed by atoms with E-state index < -0.39 is 11.7 Å². The molecule has 0 spiro atoms. The highest BCUT2D eigenvalue weighted by Gasteiger charge is 2.19. The molecular formula is C10H8ClFN4O. The highest BCUT2D eigenvalue weighted by molar-refractivity contribution is 6.31. The highest BCUT2D eigenvalue weighted by atomic mass is 35.5. The Bertz CT molecular complexity index is 596. The average Bonchev–Trinajstić information content (AvgIpc) is 2.72. The number of nitrogens with one attached hydrogen (secondary N) is 1. The Hall–Kier alpha value is -1.95. The Labute approximate surface area is 101 Å². The summed E-state index contributed by atoms with van der Waals surface area (Å²) >= 11 is 5.77. The average molecular weight is 255 g/mol. The lowest BCUT2D eigenvalue weighted by Crippen LogP contribution is -2.13. The van der Waals surface area contributed by atoms with Gasteiger partial charge in [-0.05, 0) is 24.6 Å². The fourth-order valence-electron chi connectivity index (χ4n) is 1.43. The molecule has 0 aliphatic heterocycles. The van der Waals surface area contributed by atoms with Crippen molar-refractivity contribution in [2.75, 3.05) is 0 Å². The maximum atomic E-state index is 13.7. The molecule has 7 heteroatoms. The zero-order valence-electron chi connectivity index (χ0n) is 8.79. The summed E-state index contributed by atoms with van der Waals surface area (Å²) in [6.07, 6.45) is 0. The number of carbonyl (C=O) groups excluding carboxylic acids is 1. The second-order valence-corrected chi connectivity index (χ2v) is 3.87. The summed E-state index contributed by atoms with van der Waals surface area (Å²) < 4.78 is 13.7. The molecule has 3 N–H and O–H groups in total. The minimum Gasteiger partial charge on any atom is -0.364 e. The van der Waals surface area contributed by atoms with E-state index >= 15 is 0 Å². The van der Waals surface area contributed by atoms with E-state index in [4.69, 9.17) is 17.3 Å². The van der Waals surface area contributed by atoms with E-state index in [1.165, 1.54) is 6.07 Å². The van der Waals surface area contributed by atoms with Crippen LogP contribution in [-0.2, 0) is 0 Å². The van der Waals surface area contributed by atoms with Crippen molar-refractivity contribution in [3.8, 4) is 11.3 Å². The van der Waals surface area contributed by atoms with E-state index in [-0.39, 0.29) is 17.0 Å². The minimum atomic E-state index is -0.777. The molecular weight excluding hydrogens is 247 g/mol. The van der Waals surface area contributed by atoms with Crippen LogP contribution in [0.1, 0.15) is 16.1 Å². The molecule has 0 unspecified atom stereocenters. The molecule has 2 rings (SSSR count). The van der Waals surface area contributed by atoms with Gasteiger partial charge in [0.1, 0.15) is 11.5 Å². The Balaban J connectivity index is 2.64. The van der Waals surface area contributed by atoms with Crippen LogP contribution in [0.2, 0.25) is 5.02 Å². The van der Waals surface area contributed by atoms with E-state index in [2.05, 4.69) is 15.4 Å². The number of primary amides is 1. The SMILES string of the molecule is Cc1cc(-c2n[nH]nc2C(N)=O)c(F)cc1Cl. The third kappa shape index (κ3) is 1.99. The zero-order chi connectivity index (χ0) is 12.6. The normalized spacial score (nSPS) is 10.5. The number of hydrogen-bond donors (Lipinski definition) is 2. The van der Waals surface area contributed by atoms with Gasteiger partial charge in [0.05, 0.1) is 0 Å². The number of rotatable bonds is 2. The molecule has 1 heterocycles. The topological polar surface area (TPSA) is 84.7 Å². The van der Waals surface area contributed by atoms with Gasteiger partial charge in [0.2, 0.25) is 0 Å². The van der Waals surface area contributed by atoms with E-state index in [9.17, 15) is 9.18 Å². The first-order valence-electron chi connectivity index (χ1n) is 4.67. The van der Waals surface area contributed by atoms with Crippen LogP contribution in [-0.4, -0.2) is 21.3 Å². The molecule has 0 atom stereocenters. The number of amides is 1. The van der Waals surface area contributed by atoms with Gasteiger partial charge in [0.15, 0.2) is 5.69 Å². The van der Waals surface area contributed by atoms with Gasteiger partial charge in [-0.2, -0.15) is 15.4 Å². The van der Waals surface area contributed by atoms with E-state index in [1.807, 2.05) is 0 Å². The number of benzene rings is 1. The van der Waals surface area contributed by atoms with Gasteiger partial charge < -0.3 is 5.73 Å². The number of hydrogen-bond acceptors (Lipinski definition) is 3. The number of aromatic amines is 1. The van der Waals surface area contributed by atoms with Crippen LogP contribution in [0, 0.1) is 12.7 Å². The van der Waals surface area contributed by atoms with Gasteiger partial charge in [0, 0.05) is 10.6 Å². The maximum absolute atomic E-state index is 13.7. The number of H-pyrrole nitrogens is 1. The largest absolute Gasteiger partial charge is 0.364 e. The minimum absolute atomic E-state index is 0.0785. The molecule has 0 bridgehead atoms. The molecule has 2 aromatic rings. The van der Waals surface area contributed by atoms with Crippen molar-refractivity contribution in [3.05, 3.63) is 34.2 Å². The molecule has 0 radical (unpaired) electrons. The van der Waals surface area contributed by atoms with Crippen molar-refractivity contribution in [3.63, 3.8) is 0 Å². The molecule has 0 saturated carbocycles. The second-order valence-electron chi connectivity index (χ2n) is 3.47. The maximum Gasteiger partial charge on any atom is 0.271 e. The van der Waals surface area contributed by atoms with Gasteiger partial charge in [0.25, 0.3) is 5.91 Å². The number of aryl methyl sites for hydroxylation is 1. The smallest absolute Gasteiger partial charge is 0.271 e. The van der Waals surface area contributed by atoms with Crippen LogP contribution in [0.5, 0.6) is 0 Å². The highest BCUT2D eigenvalue weighted by Crippen LogP contribution is 2.28. The summed E-state index contributed by atoms with van der Waals surface area (Å²) in [5.41, 5.74) is 5.88. The van der Waals surface area contributed by atoms with E-state index in [0.29, 0.717) is 10.6 Å². The third-order valence-corrected chi connectivity index (χ3v) is 2.69. The Morgan fingerprint density at radius 1 is 1.47 bits per heavy atom. The third-order valence-electron chi connectivity index (χ3n) is 2.28. The number of halogens is 2. The van der Waals surface area contributed by atoms with E-state index in [0.717, 1.165) is 6.07 Å². The van der Waals surface area contributed by atoms with Crippen LogP contribution in [0.15, 0.2) is 12.1 Å².